The van der Waals surface area contributed by atoms with Crippen LogP contribution in [0.3, 0.4) is 0 Å². The van der Waals surface area contributed by atoms with Crippen molar-refractivity contribution in [1.29, 1.82) is 0 Å². The summed E-state index contributed by atoms with van der Waals surface area (Å²) in [4.78, 5) is 12.4. The van der Waals surface area contributed by atoms with Crippen LogP contribution in [0.2, 0.25) is 0 Å². The number of carbonyl (C=O) groups is 1. The molecule has 4 aliphatic carbocycles. The zero-order valence-corrected chi connectivity index (χ0v) is 15.8. The van der Waals surface area contributed by atoms with Crippen LogP contribution in [0.1, 0.15) is 51.9 Å². The van der Waals surface area contributed by atoms with Gasteiger partial charge in [-0.05, 0) is 81.3 Å². The van der Waals surface area contributed by atoms with E-state index in [0.717, 1.165) is 41.6 Å². The highest BCUT2D eigenvalue weighted by Crippen LogP contribution is 2.53. The third kappa shape index (κ3) is 3.84. The van der Waals surface area contributed by atoms with Crippen molar-refractivity contribution >= 4 is 5.91 Å². The summed E-state index contributed by atoms with van der Waals surface area (Å²) < 4.78 is 11.4. The molecule has 4 saturated carbocycles. The van der Waals surface area contributed by atoms with E-state index in [1.807, 2.05) is 31.2 Å². The van der Waals surface area contributed by atoms with Crippen LogP contribution >= 0.6 is 0 Å². The summed E-state index contributed by atoms with van der Waals surface area (Å²) in [6.45, 7) is 3.12. The van der Waals surface area contributed by atoms with Gasteiger partial charge in [-0.25, -0.2) is 0 Å². The molecule has 26 heavy (non-hydrogen) atoms. The highest BCUT2D eigenvalue weighted by atomic mass is 16.5. The Morgan fingerprint density at radius 1 is 1.00 bits per heavy atom. The number of ether oxygens (including phenoxy) is 2. The minimum Gasteiger partial charge on any atom is -0.490 e. The van der Waals surface area contributed by atoms with Crippen molar-refractivity contribution in [3.63, 3.8) is 0 Å². The Bertz CT molecular complexity index is 602. The lowest BCUT2D eigenvalue weighted by molar-refractivity contribution is -0.125. The van der Waals surface area contributed by atoms with E-state index in [9.17, 15) is 4.79 Å². The van der Waals surface area contributed by atoms with E-state index in [0.29, 0.717) is 25.7 Å². The number of amides is 1. The average Bonchev–Trinajstić information content (AvgIpc) is 2.63. The van der Waals surface area contributed by atoms with E-state index in [4.69, 9.17) is 9.47 Å². The zero-order valence-electron chi connectivity index (χ0n) is 15.8. The molecular weight excluding hydrogens is 326 g/mol. The molecule has 0 aliphatic heterocycles. The van der Waals surface area contributed by atoms with E-state index in [-0.39, 0.29) is 5.91 Å². The number of benzene rings is 1. The number of rotatable bonds is 8. The molecule has 1 aromatic carbocycles. The van der Waals surface area contributed by atoms with Crippen molar-refractivity contribution in [2.45, 2.75) is 57.9 Å². The van der Waals surface area contributed by atoms with Crippen molar-refractivity contribution in [3.8, 4) is 11.5 Å². The average molecular weight is 357 g/mol. The molecule has 4 heteroatoms. The van der Waals surface area contributed by atoms with Crippen molar-refractivity contribution in [1.82, 2.24) is 5.32 Å². The molecule has 5 rings (SSSR count). The van der Waals surface area contributed by atoms with Gasteiger partial charge in [0.2, 0.25) is 5.91 Å². The van der Waals surface area contributed by atoms with Gasteiger partial charge in [0.05, 0.1) is 13.2 Å². The van der Waals surface area contributed by atoms with Crippen LogP contribution in [-0.4, -0.2) is 25.2 Å². The second-order valence-corrected chi connectivity index (χ2v) is 8.36. The van der Waals surface area contributed by atoms with Crippen LogP contribution in [0.25, 0.3) is 0 Å². The van der Waals surface area contributed by atoms with Gasteiger partial charge in [0.1, 0.15) is 0 Å². The Morgan fingerprint density at radius 2 is 1.62 bits per heavy atom. The highest BCUT2D eigenvalue weighted by molar-refractivity contribution is 5.76. The lowest BCUT2D eigenvalue weighted by atomic mass is 9.54. The maximum absolute atomic E-state index is 12.4. The number of hydrogen-bond acceptors (Lipinski definition) is 3. The molecule has 1 amide bonds. The molecule has 0 heterocycles. The minimum atomic E-state index is 0.198. The van der Waals surface area contributed by atoms with Crippen molar-refractivity contribution in [3.05, 3.63) is 24.3 Å². The molecule has 4 bridgehead atoms. The first-order valence-electron chi connectivity index (χ1n) is 10.4. The highest BCUT2D eigenvalue weighted by Gasteiger charge is 2.48. The smallest absolute Gasteiger partial charge is 0.220 e. The Morgan fingerprint density at radius 3 is 2.23 bits per heavy atom. The third-order valence-corrected chi connectivity index (χ3v) is 6.51. The molecule has 0 unspecified atom stereocenters. The van der Waals surface area contributed by atoms with Gasteiger partial charge in [-0.3, -0.25) is 4.79 Å². The predicted octanol–water partition coefficient (Wildman–Crippen LogP) is 4.19. The van der Waals surface area contributed by atoms with Gasteiger partial charge in [-0.1, -0.05) is 12.1 Å². The van der Waals surface area contributed by atoms with E-state index in [1.165, 1.54) is 32.1 Å². The molecule has 0 aromatic heterocycles. The van der Waals surface area contributed by atoms with Crippen LogP contribution in [0.5, 0.6) is 11.5 Å². The molecule has 0 atom stereocenters. The molecule has 4 fully saturated rings. The summed E-state index contributed by atoms with van der Waals surface area (Å²) in [5.74, 6) is 5.11. The molecule has 1 N–H and O–H groups in total. The van der Waals surface area contributed by atoms with Crippen LogP contribution < -0.4 is 14.8 Å². The molecule has 4 nitrogen and oxygen atoms in total. The Balaban J connectivity index is 1.20. The van der Waals surface area contributed by atoms with Crippen LogP contribution in [0.4, 0.5) is 0 Å². The van der Waals surface area contributed by atoms with E-state index < -0.39 is 0 Å². The van der Waals surface area contributed by atoms with Crippen molar-refractivity contribution < 1.29 is 14.3 Å². The van der Waals surface area contributed by atoms with Crippen LogP contribution in [0, 0.1) is 23.7 Å². The number of para-hydroxylation sites is 2. The number of nitrogens with one attached hydrogen (secondary N) is 1. The lowest BCUT2D eigenvalue weighted by Crippen LogP contribution is -2.55. The maximum atomic E-state index is 12.4. The first kappa shape index (κ1) is 17.7. The summed E-state index contributed by atoms with van der Waals surface area (Å²) in [6, 6.07) is 8.15. The van der Waals surface area contributed by atoms with Gasteiger partial charge in [0, 0.05) is 12.5 Å². The quantitative estimate of drug-likeness (QED) is 0.710. The normalized spacial score (nSPS) is 31.7. The molecular formula is C22H31NO3. The number of carbonyl (C=O) groups excluding carboxylic acids is 1. The predicted molar refractivity (Wildman–Crippen MR) is 101 cm³/mol. The fourth-order valence-electron chi connectivity index (χ4n) is 5.68. The van der Waals surface area contributed by atoms with Gasteiger partial charge in [0.15, 0.2) is 11.5 Å². The Kier molecular flexibility index (Phi) is 5.37. The molecule has 0 spiro atoms. The monoisotopic (exact) mass is 357 g/mol. The van der Waals surface area contributed by atoms with Crippen LogP contribution in [-0.2, 0) is 4.79 Å². The Hall–Kier alpha value is -1.71. The fraction of sp³-hybridized carbons (Fsp3) is 0.682. The molecule has 1 aromatic rings. The maximum Gasteiger partial charge on any atom is 0.220 e. The summed E-state index contributed by atoms with van der Waals surface area (Å²) >= 11 is 0. The molecule has 142 valence electrons. The zero-order chi connectivity index (χ0) is 17.9. The largest absolute Gasteiger partial charge is 0.490 e. The van der Waals surface area contributed by atoms with Gasteiger partial charge < -0.3 is 14.8 Å². The van der Waals surface area contributed by atoms with Gasteiger partial charge in [-0.2, -0.15) is 0 Å². The van der Waals surface area contributed by atoms with E-state index in [1.54, 1.807) is 0 Å². The van der Waals surface area contributed by atoms with E-state index >= 15 is 0 Å². The van der Waals surface area contributed by atoms with Gasteiger partial charge in [-0.15, -0.1) is 0 Å². The standard InChI is InChI=1S/C22H31NO3/c1-2-25-19-6-3-4-7-20(19)26-9-5-8-21(24)23-22-17-11-15-10-16(13-17)14-18(22)12-15/h3-4,6-7,15-18,22H,2,5,8-14H2,1H3,(H,23,24). The lowest BCUT2D eigenvalue weighted by Gasteiger charge is -2.54. The summed E-state index contributed by atoms with van der Waals surface area (Å²) in [5, 5.41) is 3.37. The summed E-state index contributed by atoms with van der Waals surface area (Å²) in [7, 11) is 0. The van der Waals surface area contributed by atoms with E-state index in [2.05, 4.69) is 5.32 Å². The molecule has 0 radical (unpaired) electrons. The summed E-state index contributed by atoms with van der Waals surface area (Å²) in [6.07, 6.45) is 8.10. The second-order valence-electron chi connectivity index (χ2n) is 8.36. The molecule has 0 saturated heterocycles. The van der Waals surface area contributed by atoms with Crippen LogP contribution in [0.15, 0.2) is 24.3 Å². The fourth-order valence-corrected chi connectivity index (χ4v) is 5.68. The first-order chi connectivity index (χ1) is 12.7. The van der Waals surface area contributed by atoms with Crippen molar-refractivity contribution in [2.24, 2.45) is 23.7 Å². The van der Waals surface area contributed by atoms with Gasteiger partial charge in [0.25, 0.3) is 0 Å². The molecule has 4 aliphatic rings. The minimum absolute atomic E-state index is 0.198. The SMILES string of the molecule is CCOc1ccccc1OCCCC(=O)NC1C2CC3CC(C2)CC1C3. The topological polar surface area (TPSA) is 47.6 Å². The summed E-state index contributed by atoms with van der Waals surface area (Å²) in [5.41, 5.74) is 0. The van der Waals surface area contributed by atoms with Crippen molar-refractivity contribution in [2.75, 3.05) is 13.2 Å². The van der Waals surface area contributed by atoms with Gasteiger partial charge >= 0.3 is 0 Å². The Labute approximate surface area is 156 Å². The number of hydrogen-bond donors (Lipinski definition) is 1. The third-order valence-electron chi connectivity index (χ3n) is 6.51. The first-order valence-corrected chi connectivity index (χ1v) is 10.4. The second kappa shape index (κ2) is 7.89.